The number of para-hydroxylation sites is 8. The van der Waals surface area contributed by atoms with Crippen molar-refractivity contribution in [2.45, 2.75) is 0 Å². The Kier molecular flexibility index (Phi) is 10.3. The first-order valence-corrected chi connectivity index (χ1v) is 31.8. The van der Waals surface area contributed by atoms with Crippen molar-refractivity contribution < 1.29 is 8.83 Å². The highest BCUT2D eigenvalue weighted by molar-refractivity contribution is 6.16. The number of hydrogen-bond donors (Lipinski definition) is 0. The third-order valence-corrected chi connectivity index (χ3v) is 20.1. The van der Waals surface area contributed by atoms with Gasteiger partial charge in [0.2, 0.25) is 10.9 Å². The van der Waals surface area contributed by atoms with E-state index in [2.05, 4.69) is 261 Å². The second kappa shape index (κ2) is 18.9. The zero-order valence-corrected chi connectivity index (χ0v) is 50.1. The fourth-order valence-corrected chi connectivity index (χ4v) is 16.0. The predicted octanol–water partition coefficient (Wildman–Crippen LogP) is 21.6. The summed E-state index contributed by atoms with van der Waals surface area (Å²) in [4.78, 5) is 30.1. The molecule has 1 aliphatic carbocycles. The quantitative estimate of drug-likeness (QED) is 0.164. The molecule has 0 radical (unpaired) electrons. The number of rotatable bonds is 4. The molecule has 0 bridgehead atoms. The van der Waals surface area contributed by atoms with Crippen LogP contribution in [-0.4, -0.2) is 18.3 Å². The SMILES string of the molecule is O=c1c2ccccc2oc2cc3c(cc12)-c1cc(-n2c4ccccc4c4cc(-n5c6ccccc6c6ccccc65)ccc42)ccc1-c1cc2oc4ccccc4c(=O)c2cc1-c1cc(-n2c4ccccc4c4cc(-n5c6ccccc6c6ccccc65)ccc42)ccc1-3. The largest absolute Gasteiger partial charge is 0.456 e. The van der Waals surface area contributed by atoms with E-state index < -0.39 is 0 Å². The lowest BCUT2D eigenvalue weighted by molar-refractivity contribution is 0.660. The smallest absolute Gasteiger partial charge is 0.200 e. The Hall–Kier alpha value is -12.8. The highest BCUT2D eigenvalue weighted by atomic mass is 16.3. The molecule has 0 unspecified atom stereocenters. The van der Waals surface area contributed by atoms with Gasteiger partial charge >= 0.3 is 0 Å². The van der Waals surface area contributed by atoms with Crippen LogP contribution in [-0.2, 0) is 0 Å². The highest BCUT2D eigenvalue weighted by Gasteiger charge is 2.29. The van der Waals surface area contributed by atoms with Crippen molar-refractivity contribution in [1.82, 2.24) is 18.3 Å². The van der Waals surface area contributed by atoms with Gasteiger partial charge in [-0.1, -0.05) is 146 Å². The monoisotopic (exact) mass is 1200 g/mol. The lowest BCUT2D eigenvalue weighted by Gasteiger charge is -2.25. The van der Waals surface area contributed by atoms with Crippen LogP contribution in [0.1, 0.15) is 0 Å². The molecule has 21 rings (SSSR count). The van der Waals surface area contributed by atoms with Crippen LogP contribution in [0.15, 0.2) is 310 Å². The van der Waals surface area contributed by atoms with Crippen molar-refractivity contribution in [3.05, 3.63) is 312 Å². The molecule has 1 aliphatic rings. The Labute approximate surface area is 534 Å². The maximum absolute atomic E-state index is 15.1. The van der Waals surface area contributed by atoms with E-state index in [1.807, 2.05) is 48.5 Å². The van der Waals surface area contributed by atoms with Crippen molar-refractivity contribution >= 4 is 131 Å². The molecule has 436 valence electrons. The van der Waals surface area contributed by atoms with Crippen molar-refractivity contribution in [2.24, 2.45) is 0 Å². The molecule has 0 fully saturated rings. The molecule has 0 saturated heterocycles. The van der Waals surface area contributed by atoms with Gasteiger partial charge in [0.1, 0.15) is 22.3 Å². The Morgan fingerprint density at radius 1 is 0.181 bits per heavy atom. The predicted molar refractivity (Wildman–Crippen MR) is 386 cm³/mol. The normalized spacial score (nSPS) is 12.3. The minimum Gasteiger partial charge on any atom is -0.456 e. The fraction of sp³-hybridized carbons (Fsp3) is 0. The van der Waals surface area contributed by atoms with Crippen molar-refractivity contribution in [2.75, 3.05) is 0 Å². The van der Waals surface area contributed by atoms with E-state index in [0.29, 0.717) is 43.9 Å². The van der Waals surface area contributed by atoms with Crippen LogP contribution in [0.3, 0.4) is 0 Å². The molecule has 8 heteroatoms. The number of benzene rings is 14. The Bertz CT molecular complexity index is 6400. The molecule has 0 N–H and O–H groups in total. The summed E-state index contributed by atoms with van der Waals surface area (Å²) in [6.45, 7) is 0. The molecule has 0 saturated carbocycles. The van der Waals surface area contributed by atoms with Crippen molar-refractivity contribution in [1.29, 1.82) is 0 Å². The van der Waals surface area contributed by atoms with Gasteiger partial charge < -0.3 is 27.1 Å². The Balaban J connectivity index is 0.836. The van der Waals surface area contributed by atoms with Crippen LogP contribution >= 0.6 is 0 Å². The Morgan fingerprint density at radius 3 is 0.787 bits per heavy atom. The number of hydrogen-bond acceptors (Lipinski definition) is 4. The third kappa shape index (κ3) is 7.00. The number of nitrogens with zero attached hydrogens (tertiary/aromatic N) is 4. The van der Waals surface area contributed by atoms with Crippen LogP contribution in [0, 0.1) is 0 Å². The van der Waals surface area contributed by atoms with Gasteiger partial charge in [-0.05, 0) is 190 Å². The van der Waals surface area contributed by atoms with Crippen LogP contribution in [0.5, 0.6) is 0 Å². The third-order valence-electron chi connectivity index (χ3n) is 20.1. The van der Waals surface area contributed by atoms with Gasteiger partial charge in [-0.2, -0.15) is 0 Å². The van der Waals surface area contributed by atoms with Crippen LogP contribution in [0.4, 0.5) is 0 Å². The second-order valence-corrected chi connectivity index (χ2v) is 24.9. The molecule has 6 aromatic heterocycles. The standard InChI is InChI=1S/C86H48N4O4/c91-85-61-23-7-15-31-81(61)94-84-48-68-54-38-34-50(90-78-30-14-6-22-60(78)70-44-52(36-40-80(70)90)88-75-27-11-3-19-57(75)58-20-4-12-28-76(58)88)42-64(54)66-46-72-83(93-82-32-16-8-24-62(82)86(72)92)47-67(66)53-37-33-49(41-63(53)65(68)45-71(84)85)89-77-29-13-5-21-59(77)69-43-51(35-39-79(69)89)87-73-25-9-1-17-55(73)56-18-2-10-26-74(56)87/h1-48H. The van der Waals surface area contributed by atoms with Crippen molar-refractivity contribution in [3.8, 4) is 67.3 Å². The first-order chi connectivity index (χ1) is 46.5. The molecule has 8 nitrogen and oxygen atoms in total. The zero-order chi connectivity index (χ0) is 61.6. The molecule has 6 heterocycles. The summed E-state index contributed by atoms with van der Waals surface area (Å²) in [5.41, 5.74) is 21.7. The lowest BCUT2D eigenvalue weighted by atomic mass is 9.79. The lowest BCUT2D eigenvalue weighted by Crippen LogP contribution is -2.06. The molecule has 0 spiro atoms. The topological polar surface area (TPSA) is 80.1 Å². The summed E-state index contributed by atoms with van der Waals surface area (Å²) in [5, 5.41) is 11.3. The van der Waals surface area contributed by atoms with Crippen LogP contribution in [0.25, 0.3) is 198 Å². The molecular weight excluding hydrogens is 1150 g/mol. The van der Waals surface area contributed by atoms with E-state index in [0.717, 1.165) is 133 Å². The van der Waals surface area contributed by atoms with Gasteiger partial charge in [0, 0.05) is 65.8 Å². The van der Waals surface area contributed by atoms with Crippen LogP contribution in [0.2, 0.25) is 0 Å². The van der Waals surface area contributed by atoms with Gasteiger partial charge in [0.15, 0.2) is 0 Å². The average Bonchev–Trinajstić information content (AvgIpc) is 0.993. The zero-order valence-electron chi connectivity index (χ0n) is 50.1. The van der Waals surface area contributed by atoms with Crippen LogP contribution < -0.4 is 10.9 Å². The molecule has 14 aromatic carbocycles. The number of fused-ring (bicyclic) bond motifs is 24. The summed E-state index contributed by atoms with van der Waals surface area (Å²) in [7, 11) is 0. The minimum absolute atomic E-state index is 0.107. The first kappa shape index (κ1) is 51.0. The summed E-state index contributed by atoms with van der Waals surface area (Å²) >= 11 is 0. The number of aromatic nitrogens is 4. The van der Waals surface area contributed by atoms with Crippen molar-refractivity contribution in [3.63, 3.8) is 0 Å². The Morgan fingerprint density at radius 2 is 0.436 bits per heavy atom. The molecular formula is C86H48N4O4. The van der Waals surface area contributed by atoms with Gasteiger partial charge in [0.25, 0.3) is 0 Å². The molecule has 0 amide bonds. The van der Waals surface area contributed by atoms with E-state index >= 15 is 9.59 Å². The molecule has 20 aromatic rings. The van der Waals surface area contributed by atoms with E-state index in [9.17, 15) is 0 Å². The van der Waals surface area contributed by atoms with E-state index in [4.69, 9.17) is 8.83 Å². The van der Waals surface area contributed by atoms with Gasteiger partial charge in [-0.15, -0.1) is 0 Å². The maximum Gasteiger partial charge on any atom is 0.200 e. The van der Waals surface area contributed by atoms with E-state index in [1.54, 1.807) is 0 Å². The summed E-state index contributed by atoms with van der Waals surface area (Å²) in [5.74, 6) is 0. The first-order valence-electron chi connectivity index (χ1n) is 31.8. The maximum atomic E-state index is 15.1. The molecule has 0 atom stereocenters. The van der Waals surface area contributed by atoms with Gasteiger partial charge in [-0.25, -0.2) is 0 Å². The average molecular weight is 1200 g/mol. The minimum atomic E-state index is -0.107. The van der Waals surface area contributed by atoms with Gasteiger partial charge in [0.05, 0.1) is 65.7 Å². The molecule has 94 heavy (non-hydrogen) atoms. The summed E-state index contributed by atoms with van der Waals surface area (Å²) < 4.78 is 23.1. The second-order valence-electron chi connectivity index (χ2n) is 24.9. The summed E-state index contributed by atoms with van der Waals surface area (Å²) in [6.07, 6.45) is 0. The highest BCUT2D eigenvalue weighted by Crippen LogP contribution is 2.52. The van der Waals surface area contributed by atoms with E-state index in [1.165, 1.54) is 21.5 Å². The van der Waals surface area contributed by atoms with Gasteiger partial charge in [-0.3, -0.25) is 9.59 Å². The van der Waals surface area contributed by atoms with E-state index in [-0.39, 0.29) is 10.9 Å². The summed E-state index contributed by atoms with van der Waals surface area (Å²) in [6, 6.07) is 102. The fourth-order valence-electron chi connectivity index (χ4n) is 16.0. The molecule has 0 aliphatic heterocycles.